The van der Waals surface area contributed by atoms with Crippen molar-refractivity contribution in [2.75, 3.05) is 11.9 Å². The quantitative estimate of drug-likeness (QED) is 0.687. The lowest BCUT2D eigenvalue weighted by atomic mass is 10.1. The van der Waals surface area contributed by atoms with Gasteiger partial charge in [0, 0.05) is 30.3 Å². The summed E-state index contributed by atoms with van der Waals surface area (Å²) >= 11 is 0. The first-order chi connectivity index (χ1) is 10.1. The zero-order valence-electron chi connectivity index (χ0n) is 12.8. The second kappa shape index (κ2) is 9.13. The normalized spacial score (nSPS) is 11.8. The smallest absolute Gasteiger partial charge is 0.251 e. The first kappa shape index (κ1) is 17.2. The fourth-order valence-corrected chi connectivity index (χ4v) is 1.96. The molecule has 0 aliphatic carbocycles. The van der Waals surface area contributed by atoms with E-state index in [-0.39, 0.29) is 17.9 Å². The highest BCUT2D eigenvalue weighted by Gasteiger charge is 2.12. The minimum absolute atomic E-state index is 0.00802. The van der Waals surface area contributed by atoms with Gasteiger partial charge in [0.1, 0.15) is 0 Å². The van der Waals surface area contributed by atoms with E-state index in [0.29, 0.717) is 24.2 Å². The highest BCUT2D eigenvalue weighted by Crippen LogP contribution is 2.11. The van der Waals surface area contributed by atoms with E-state index in [9.17, 15) is 9.59 Å². The molecule has 5 heteroatoms. The number of unbranched alkanes of at least 4 members (excludes halogenated alkanes) is 1. The topological polar surface area (TPSA) is 84.2 Å². The van der Waals surface area contributed by atoms with Crippen LogP contribution in [0.2, 0.25) is 0 Å². The molecular weight excluding hydrogens is 266 g/mol. The monoisotopic (exact) mass is 291 g/mol. The van der Waals surface area contributed by atoms with Crippen molar-refractivity contribution in [1.82, 2.24) is 5.32 Å². The van der Waals surface area contributed by atoms with E-state index >= 15 is 0 Å². The van der Waals surface area contributed by atoms with Gasteiger partial charge >= 0.3 is 0 Å². The van der Waals surface area contributed by atoms with Crippen LogP contribution in [-0.2, 0) is 4.79 Å². The first-order valence-electron chi connectivity index (χ1n) is 7.51. The molecule has 0 radical (unpaired) electrons. The second-order valence-electron chi connectivity index (χ2n) is 5.03. The number of hydrogen-bond donors (Lipinski definition) is 3. The van der Waals surface area contributed by atoms with Crippen LogP contribution in [0.25, 0.3) is 0 Å². The molecule has 0 aliphatic rings. The van der Waals surface area contributed by atoms with Crippen LogP contribution >= 0.6 is 0 Å². The van der Waals surface area contributed by atoms with Crippen molar-refractivity contribution in [1.29, 1.82) is 0 Å². The standard InChI is InChI=1S/C16H25N3O2/c1-3-5-8-14(11-17)19-16(21)12-7-6-9-13(10-12)18-15(20)4-2/h6-7,9-10,14H,3-5,8,11,17H2,1-2H3,(H,18,20)(H,19,21). The maximum atomic E-state index is 12.2. The Balaban J connectivity index is 2.68. The Morgan fingerprint density at radius 1 is 1.29 bits per heavy atom. The maximum absolute atomic E-state index is 12.2. The van der Waals surface area contributed by atoms with Crippen molar-refractivity contribution in [2.24, 2.45) is 5.73 Å². The highest BCUT2D eigenvalue weighted by molar-refractivity contribution is 5.97. The summed E-state index contributed by atoms with van der Waals surface area (Å²) in [7, 11) is 0. The zero-order valence-corrected chi connectivity index (χ0v) is 12.8. The highest BCUT2D eigenvalue weighted by atomic mass is 16.2. The summed E-state index contributed by atoms with van der Waals surface area (Å²) in [5.74, 6) is -0.232. The number of hydrogen-bond acceptors (Lipinski definition) is 3. The summed E-state index contributed by atoms with van der Waals surface area (Å²) in [6.07, 6.45) is 3.40. The van der Waals surface area contributed by atoms with Gasteiger partial charge in [-0.1, -0.05) is 32.8 Å². The summed E-state index contributed by atoms with van der Waals surface area (Å²) < 4.78 is 0. The fourth-order valence-electron chi connectivity index (χ4n) is 1.96. The number of carbonyl (C=O) groups excluding carboxylic acids is 2. The molecule has 2 amide bonds. The Morgan fingerprint density at radius 2 is 2.05 bits per heavy atom. The average molecular weight is 291 g/mol. The van der Waals surface area contributed by atoms with Crippen molar-refractivity contribution in [2.45, 2.75) is 45.6 Å². The average Bonchev–Trinajstić information content (AvgIpc) is 2.51. The van der Waals surface area contributed by atoms with E-state index in [4.69, 9.17) is 5.73 Å². The Labute approximate surface area is 126 Å². The SMILES string of the molecule is CCCCC(CN)NC(=O)c1cccc(NC(=O)CC)c1. The lowest BCUT2D eigenvalue weighted by Crippen LogP contribution is -2.40. The maximum Gasteiger partial charge on any atom is 0.251 e. The Kier molecular flexibility index (Phi) is 7.46. The van der Waals surface area contributed by atoms with Crippen molar-refractivity contribution in [3.8, 4) is 0 Å². The van der Waals surface area contributed by atoms with Crippen molar-refractivity contribution in [3.63, 3.8) is 0 Å². The van der Waals surface area contributed by atoms with Crippen LogP contribution in [0.15, 0.2) is 24.3 Å². The lowest BCUT2D eigenvalue weighted by molar-refractivity contribution is -0.115. The molecule has 1 atom stereocenters. The van der Waals surface area contributed by atoms with Crippen molar-refractivity contribution in [3.05, 3.63) is 29.8 Å². The number of nitrogens with one attached hydrogen (secondary N) is 2. The number of amides is 2. The Morgan fingerprint density at radius 3 is 2.67 bits per heavy atom. The number of rotatable bonds is 8. The molecule has 0 spiro atoms. The number of carbonyl (C=O) groups is 2. The van der Waals surface area contributed by atoms with Crippen molar-refractivity contribution >= 4 is 17.5 Å². The van der Waals surface area contributed by atoms with Gasteiger partial charge in [-0.05, 0) is 24.6 Å². The van der Waals surface area contributed by atoms with E-state index in [1.54, 1.807) is 31.2 Å². The van der Waals surface area contributed by atoms with Gasteiger partial charge in [0.05, 0.1) is 0 Å². The van der Waals surface area contributed by atoms with Crippen LogP contribution in [0.3, 0.4) is 0 Å². The molecule has 1 aromatic rings. The molecular formula is C16H25N3O2. The van der Waals surface area contributed by atoms with E-state index in [0.717, 1.165) is 19.3 Å². The molecule has 0 saturated carbocycles. The minimum Gasteiger partial charge on any atom is -0.348 e. The Bertz CT molecular complexity index is 474. The fraction of sp³-hybridized carbons (Fsp3) is 0.500. The largest absolute Gasteiger partial charge is 0.348 e. The van der Waals surface area contributed by atoms with Gasteiger partial charge in [-0.3, -0.25) is 9.59 Å². The van der Waals surface area contributed by atoms with Gasteiger partial charge < -0.3 is 16.4 Å². The van der Waals surface area contributed by atoms with Crippen LogP contribution in [0, 0.1) is 0 Å². The second-order valence-corrected chi connectivity index (χ2v) is 5.03. The van der Waals surface area contributed by atoms with Crippen LogP contribution < -0.4 is 16.4 Å². The van der Waals surface area contributed by atoms with E-state index in [1.165, 1.54) is 0 Å². The van der Waals surface area contributed by atoms with Gasteiger partial charge in [0.15, 0.2) is 0 Å². The molecule has 0 fully saturated rings. The third kappa shape index (κ3) is 5.95. The third-order valence-electron chi connectivity index (χ3n) is 3.26. The van der Waals surface area contributed by atoms with Gasteiger partial charge in [0.2, 0.25) is 5.91 Å². The molecule has 0 saturated heterocycles. The zero-order chi connectivity index (χ0) is 15.7. The molecule has 1 unspecified atom stereocenters. The minimum atomic E-state index is -0.158. The number of anilines is 1. The molecule has 4 N–H and O–H groups in total. The summed E-state index contributed by atoms with van der Waals surface area (Å²) in [5, 5.41) is 5.68. The van der Waals surface area contributed by atoms with Crippen molar-refractivity contribution < 1.29 is 9.59 Å². The van der Waals surface area contributed by atoms with Crippen LogP contribution in [-0.4, -0.2) is 24.4 Å². The third-order valence-corrected chi connectivity index (χ3v) is 3.26. The van der Waals surface area contributed by atoms with E-state index in [1.807, 2.05) is 0 Å². The predicted molar refractivity (Wildman–Crippen MR) is 85.2 cm³/mol. The first-order valence-corrected chi connectivity index (χ1v) is 7.51. The predicted octanol–water partition coefficient (Wildman–Crippen LogP) is 2.28. The van der Waals surface area contributed by atoms with Gasteiger partial charge in [-0.15, -0.1) is 0 Å². The Hall–Kier alpha value is -1.88. The summed E-state index contributed by atoms with van der Waals surface area (Å²) in [4.78, 5) is 23.6. The molecule has 1 rings (SSSR count). The molecule has 0 aromatic heterocycles. The summed E-state index contributed by atoms with van der Waals surface area (Å²) in [5.41, 5.74) is 6.84. The number of benzene rings is 1. The summed E-state index contributed by atoms with van der Waals surface area (Å²) in [6, 6.07) is 6.91. The molecule has 5 nitrogen and oxygen atoms in total. The van der Waals surface area contributed by atoms with E-state index < -0.39 is 0 Å². The molecule has 116 valence electrons. The molecule has 0 heterocycles. The molecule has 0 bridgehead atoms. The van der Waals surface area contributed by atoms with Crippen LogP contribution in [0.1, 0.15) is 49.9 Å². The van der Waals surface area contributed by atoms with Crippen LogP contribution in [0.4, 0.5) is 5.69 Å². The van der Waals surface area contributed by atoms with E-state index in [2.05, 4.69) is 17.6 Å². The molecule has 0 aliphatic heterocycles. The van der Waals surface area contributed by atoms with Crippen LogP contribution in [0.5, 0.6) is 0 Å². The molecule has 1 aromatic carbocycles. The van der Waals surface area contributed by atoms with Gasteiger partial charge in [-0.25, -0.2) is 0 Å². The summed E-state index contributed by atoms with van der Waals surface area (Å²) in [6.45, 7) is 4.32. The lowest BCUT2D eigenvalue weighted by Gasteiger charge is -2.16. The van der Waals surface area contributed by atoms with Gasteiger partial charge in [-0.2, -0.15) is 0 Å². The van der Waals surface area contributed by atoms with Gasteiger partial charge in [0.25, 0.3) is 5.91 Å². The number of nitrogens with two attached hydrogens (primary N) is 1. The molecule has 21 heavy (non-hydrogen) atoms.